The molecule has 15 heavy (non-hydrogen) atoms. The molecule has 0 radical (unpaired) electrons. The second-order valence-corrected chi connectivity index (χ2v) is 3.65. The van der Waals surface area contributed by atoms with Crippen molar-refractivity contribution in [2.24, 2.45) is 0 Å². The predicted molar refractivity (Wildman–Crippen MR) is 57.5 cm³/mol. The number of phenolic OH excluding ortho intramolecular Hbond substituents is 1. The lowest BCUT2D eigenvalue weighted by molar-refractivity contribution is 0.0149. The maximum Gasteiger partial charge on any atom is 0.170 e. The Morgan fingerprint density at radius 3 is 2.60 bits per heavy atom. The zero-order valence-electron chi connectivity index (χ0n) is 7.97. The molecule has 0 aliphatic heterocycles. The van der Waals surface area contributed by atoms with E-state index in [1.807, 2.05) is 0 Å². The second kappa shape index (κ2) is 5.34. The number of hydrogen-bond donors (Lipinski definition) is 4. The lowest BCUT2D eigenvalue weighted by Gasteiger charge is -2.18. The van der Waals surface area contributed by atoms with Gasteiger partial charge in [0.25, 0.3) is 0 Å². The van der Waals surface area contributed by atoms with Crippen LogP contribution in [0.15, 0.2) is 18.2 Å². The van der Waals surface area contributed by atoms with Gasteiger partial charge in [0, 0.05) is 5.56 Å². The van der Waals surface area contributed by atoms with E-state index in [2.05, 4.69) is 12.6 Å². The van der Waals surface area contributed by atoms with E-state index in [-0.39, 0.29) is 12.0 Å². The van der Waals surface area contributed by atoms with Crippen LogP contribution >= 0.6 is 12.6 Å². The first-order valence-electron chi connectivity index (χ1n) is 4.52. The van der Waals surface area contributed by atoms with Crippen LogP contribution in [-0.4, -0.2) is 27.2 Å². The van der Waals surface area contributed by atoms with Crippen molar-refractivity contribution in [3.63, 3.8) is 0 Å². The topological polar surface area (TPSA) is 60.7 Å². The van der Waals surface area contributed by atoms with Gasteiger partial charge in [-0.25, -0.2) is 4.39 Å². The quantitative estimate of drug-likeness (QED) is 0.591. The van der Waals surface area contributed by atoms with Crippen molar-refractivity contribution < 1.29 is 19.7 Å². The van der Waals surface area contributed by atoms with Crippen LogP contribution in [0.25, 0.3) is 0 Å². The normalized spacial score (nSPS) is 14.9. The first-order valence-corrected chi connectivity index (χ1v) is 5.15. The van der Waals surface area contributed by atoms with Crippen molar-refractivity contribution in [2.75, 3.05) is 5.75 Å². The molecule has 3 nitrogen and oxygen atoms in total. The summed E-state index contributed by atoms with van der Waals surface area (Å²) in [5, 5.41) is 28.1. The maximum absolute atomic E-state index is 13.3. The average Bonchev–Trinajstić information content (AvgIpc) is 2.21. The smallest absolute Gasteiger partial charge is 0.170 e. The van der Waals surface area contributed by atoms with Gasteiger partial charge in [0.15, 0.2) is 11.6 Å². The Morgan fingerprint density at radius 2 is 2.00 bits per heavy atom. The van der Waals surface area contributed by atoms with E-state index >= 15 is 0 Å². The van der Waals surface area contributed by atoms with E-state index in [1.54, 1.807) is 0 Å². The first kappa shape index (κ1) is 12.3. The molecule has 0 aliphatic carbocycles. The molecule has 1 aromatic rings. The van der Waals surface area contributed by atoms with Gasteiger partial charge in [-0.15, -0.1) is 0 Å². The Balaban J connectivity index is 2.90. The fourth-order valence-corrected chi connectivity index (χ4v) is 1.53. The lowest BCUT2D eigenvalue weighted by Crippen LogP contribution is -2.19. The molecule has 3 N–H and O–H groups in total. The largest absolute Gasteiger partial charge is 0.505 e. The summed E-state index contributed by atoms with van der Waals surface area (Å²) in [6.45, 7) is 0. The Bertz CT molecular complexity index is 332. The molecular formula is C10H13FO3S. The van der Waals surface area contributed by atoms with Crippen LogP contribution in [0.2, 0.25) is 0 Å². The molecule has 0 heterocycles. The molecule has 0 saturated heterocycles. The van der Waals surface area contributed by atoms with Gasteiger partial charge in [-0.05, 0) is 18.2 Å². The van der Waals surface area contributed by atoms with E-state index in [0.717, 1.165) is 0 Å². The molecule has 5 heteroatoms. The van der Waals surface area contributed by atoms with E-state index < -0.39 is 23.8 Å². The summed E-state index contributed by atoms with van der Waals surface area (Å²) < 4.78 is 13.3. The third kappa shape index (κ3) is 2.84. The third-order valence-corrected chi connectivity index (χ3v) is 2.37. The van der Waals surface area contributed by atoms with Crippen molar-refractivity contribution >= 4 is 12.6 Å². The highest BCUT2D eigenvalue weighted by atomic mass is 32.1. The number of benzene rings is 1. The Hall–Kier alpha value is -0.780. The van der Waals surface area contributed by atoms with Gasteiger partial charge in [0.1, 0.15) is 6.10 Å². The van der Waals surface area contributed by atoms with E-state index in [0.29, 0.717) is 5.75 Å². The van der Waals surface area contributed by atoms with Gasteiger partial charge < -0.3 is 15.3 Å². The summed E-state index contributed by atoms with van der Waals surface area (Å²) in [7, 11) is 0. The predicted octanol–water partition coefficient (Wildman–Crippen LogP) is 1.25. The average molecular weight is 232 g/mol. The maximum atomic E-state index is 13.3. The summed E-state index contributed by atoms with van der Waals surface area (Å²) in [4.78, 5) is 0. The minimum atomic E-state index is -1.34. The van der Waals surface area contributed by atoms with Crippen LogP contribution in [-0.2, 0) is 0 Å². The fourth-order valence-electron chi connectivity index (χ4n) is 1.26. The highest BCUT2D eigenvalue weighted by molar-refractivity contribution is 7.80. The minimum absolute atomic E-state index is 0.107. The van der Waals surface area contributed by atoms with Crippen molar-refractivity contribution in [2.45, 2.75) is 18.6 Å². The van der Waals surface area contributed by atoms with Gasteiger partial charge in [-0.1, -0.05) is 12.1 Å². The molecule has 2 atom stereocenters. The standard InChI is InChI=1S/C10H13FO3S/c11-9-6(2-1-3-7(9)12)10(14)8(13)4-5-15/h1-3,8,10,12-15H,4-5H2. The SMILES string of the molecule is Oc1cccc(C(O)C(O)CCS)c1F. The molecule has 0 amide bonds. The minimum Gasteiger partial charge on any atom is -0.505 e. The van der Waals surface area contributed by atoms with Crippen LogP contribution in [0, 0.1) is 5.82 Å². The number of halogens is 1. The summed E-state index contributed by atoms with van der Waals surface area (Å²) >= 11 is 3.90. The third-order valence-electron chi connectivity index (χ3n) is 2.12. The van der Waals surface area contributed by atoms with E-state index in [1.165, 1.54) is 18.2 Å². The molecule has 0 aromatic heterocycles. The van der Waals surface area contributed by atoms with Crippen molar-refractivity contribution in [3.05, 3.63) is 29.6 Å². The molecule has 0 saturated carbocycles. The summed E-state index contributed by atoms with van der Waals surface area (Å²) in [5.41, 5.74) is -0.107. The Labute approximate surface area is 92.6 Å². The van der Waals surface area contributed by atoms with Crippen LogP contribution in [0.5, 0.6) is 5.75 Å². The zero-order valence-corrected chi connectivity index (χ0v) is 8.86. The Morgan fingerprint density at radius 1 is 1.33 bits per heavy atom. The molecule has 1 rings (SSSR count). The number of aliphatic hydroxyl groups excluding tert-OH is 2. The van der Waals surface area contributed by atoms with E-state index in [4.69, 9.17) is 5.11 Å². The fraction of sp³-hybridized carbons (Fsp3) is 0.400. The van der Waals surface area contributed by atoms with E-state index in [9.17, 15) is 14.6 Å². The number of rotatable bonds is 4. The summed E-state index contributed by atoms with van der Waals surface area (Å²) in [5.74, 6) is -1.05. The van der Waals surface area contributed by atoms with Crippen LogP contribution in [0.4, 0.5) is 4.39 Å². The number of aromatic hydroxyl groups is 1. The van der Waals surface area contributed by atoms with Crippen molar-refractivity contribution in [1.82, 2.24) is 0 Å². The van der Waals surface area contributed by atoms with Gasteiger partial charge in [0.05, 0.1) is 6.10 Å². The van der Waals surface area contributed by atoms with Crippen molar-refractivity contribution in [3.8, 4) is 5.75 Å². The molecular weight excluding hydrogens is 219 g/mol. The molecule has 0 aliphatic rings. The molecule has 1 aromatic carbocycles. The van der Waals surface area contributed by atoms with Crippen LogP contribution < -0.4 is 0 Å². The lowest BCUT2D eigenvalue weighted by atomic mass is 10.0. The van der Waals surface area contributed by atoms with Gasteiger partial charge in [0.2, 0.25) is 0 Å². The van der Waals surface area contributed by atoms with Crippen LogP contribution in [0.3, 0.4) is 0 Å². The number of phenols is 1. The monoisotopic (exact) mass is 232 g/mol. The first-order chi connectivity index (χ1) is 7.07. The molecule has 2 unspecified atom stereocenters. The van der Waals surface area contributed by atoms with Gasteiger partial charge >= 0.3 is 0 Å². The van der Waals surface area contributed by atoms with Gasteiger partial charge in [-0.2, -0.15) is 12.6 Å². The second-order valence-electron chi connectivity index (χ2n) is 3.20. The number of thiol groups is 1. The number of hydrogen-bond acceptors (Lipinski definition) is 4. The Kier molecular flexibility index (Phi) is 4.38. The molecule has 0 fully saturated rings. The number of aliphatic hydroxyl groups is 2. The van der Waals surface area contributed by atoms with Crippen LogP contribution in [0.1, 0.15) is 18.1 Å². The highest BCUT2D eigenvalue weighted by Gasteiger charge is 2.22. The van der Waals surface area contributed by atoms with Gasteiger partial charge in [-0.3, -0.25) is 0 Å². The molecule has 84 valence electrons. The summed E-state index contributed by atoms with van der Waals surface area (Å²) in [6.07, 6.45) is -2.18. The highest BCUT2D eigenvalue weighted by Crippen LogP contribution is 2.26. The summed E-state index contributed by atoms with van der Waals surface area (Å²) in [6, 6.07) is 3.91. The zero-order chi connectivity index (χ0) is 11.4. The van der Waals surface area contributed by atoms with Crippen molar-refractivity contribution in [1.29, 1.82) is 0 Å². The molecule has 0 bridgehead atoms. The molecule has 0 spiro atoms.